The van der Waals surface area contributed by atoms with E-state index in [4.69, 9.17) is 13.9 Å². The summed E-state index contributed by atoms with van der Waals surface area (Å²) in [6.45, 7) is 0.496. The first-order valence-electron chi connectivity index (χ1n) is 7.69. The molecule has 1 aromatic carbocycles. The van der Waals surface area contributed by atoms with Gasteiger partial charge in [-0.05, 0) is 30.3 Å². The van der Waals surface area contributed by atoms with Gasteiger partial charge in [0.15, 0.2) is 11.5 Å². The molecule has 2 heterocycles. The first-order chi connectivity index (χ1) is 12.2. The lowest BCUT2D eigenvalue weighted by Crippen LogP contribution is -2.25. The third kappa shape index (κ3) is 4.00. The molecule has 7 heteroatoms. The van der Waals surface area contributed by atoms with Crippen LogP contribution >= 0.6 is 11.3 Å². The second kappa shape index (κ2) is 7.85. The second-order valence-electron chi connectivity index (χ2n) is 5.19. The predicted molar refractivity (Wildman–Crippen MR) is 95.4 cm³/mol. The van der Waals surface area contributed by atoms with E-state index in [-0.39, 0.29) is 5.91 Å². The summed E-state index contributed by atoms with van der Waals surface area (Å²) in [4.78, 5) is 16.6. The van der Waals surface area contributed by atoms with Gasteiger partial charge >= 0.3 is 0 Å². The summed E-state index contributed by atoms with van der Waals surface area (Å²) in [5, 5.41) is 5.34. The van der Waals surface area contributed by atoms with Crippen LogP contribution in [0.4, 0.5) is 0 Å². The van der Waals surface area contributed by atoms with Crippen LogP contribution in [-0.2, 0) is 6.42 Å². The largest absolute Gasteiger partial charge is 0.493 e. The van der Waals surface area contributed by atoms with Gasteiger partial charge in [0.2, 0.25) is 0 Å². The van der Waals surface area contributed by atoms with Crippen LogP contribution in [-0.4, -0.2) is 31.7 Å². The fraction of sp³-hybridized carbons (Fsp3) is 0.222. The summed E-state index contributed by atoms with van der Waals surface area (Å²) >= 11 is 1.41. The number of carbonyl (C=O) groups is 1. The number of amides is 1. The molecular weight excluding hydrogens is 340 g/mol. The van der Waals surface area contributed by atoms with Gasteiger partial charge in [-0.1, -0.05) is 0 Å². The number of nitrogens with zero attached hydrogens (tertiary/aromatic N) is 1. The molecule has 130 valence electrons. The van der Waals surface area contributed by atoms with E-state index >= 15 is 0 Å². The van der Waals surface area contributed by atoms with Crippen LogP contribution in [0.5, 0.6) is 11.5 Å². The van der Waals surface area contributed by atoms with Crippen molar-refractivity contribution in [3.63, 3.8) is 0 Å². The van der Waals surface area contributed by atoms with E-state index in [1.54, 1.807) is 25.9 Å². The molecule has 0 unspecified atom stereocenters. The minimum Gasteiger partial charge on any atom is -0.493 e. The SMILES string of the molecule is COc1ccc(-c2nc(C(=O)NCCc3ccco3)cs2)cc1OC. The predicted octanol–water partition coefficient (Wildman–Crippen LogP) is 3.39. The van der Waals surface area contributed by atoms with Crippen LogP contribution in [0.3, 0.4) is 0 Å². The average Bonchev–Trinajstić information content (AvgIpc) is 3.33. The molecule has 1 amide bonds. The van der Waals surface area contributed by atoms with Gasteiger partial charge in [-0.15, -0.1) is 11.3 Å². The fourth-order valence-corrected chi connectivity index (χ4v) is 3.12. The molecule has 0 bridgehead atoms. The van der Waals surface area contributed by atoms with Crippen molar-refractivity contribution in [1.82, 2.24) is 10.3 Å². The number of ether oxygens (including phenoxy) is 2. The first-order valence-corrected chi connectivity index (χ1v) is 8.57. The molecule has 6 nitrogen and oxygen atoms in total. The maximum Gasteiger partial charge on any atom is 0.270 e. The molecule has 25 heavy (non-hydrogen) atoms. The van der Waals surface area contributed by atoms with Crippen molar-refractivity contribution in [2.75, 3.05) is 20.8 Å². The van der Waals surface area contributed by atoms with Gasteiger partial charge < -0.3 is 19.2 Å². The molecule has 3 rings (SSSR count). The normalized spacial score (nSPS) is 10.5. The lowest BCUT2D eigenvalue weighted by Gasteiger charge is -2.08. The van der Waals surface area contributed by atoms with Gasteiger partial charge in [0.1, 0.15) is 16.5 Å². The lowest BCUT2D eigenvalue weighted by molar-refractivity contribution is 0.0949. The van der Waals surface area contributed by atoms with Crippen LogP contribution in [0.25, 0.3) is 10.6 Å². The Hall–Kier alpha value is -2.80. The van der Waals surface area contributed by atoms with Crippen molar-refractivity contribution in [2.24, 2.45) is 0 Å². The summed E-state index contributed by atoms with van der Waals surface area (Å²) < 4.78 is 15.8. The van der Waals surface area contributed by atoms with Crippen molar-refractivity contribution in [2.45, 2.75) is 6.42 Å². The Kier molecular flexibility index (Phi) is 5.35. The second-order valence-corrected chi connectivity index (χ2v) is 6.05. The summed E-state index contributed by atoms with van der Waals surface area (Å²) in [5.41, 5.74) is 1.27. The number of thiazole rings is 1. The minimum absolute atomic E-state index is 0.200. The highest BCUT2D eigenvalue weighted by Crippen LogP contribution is 2.33. The van der Waals surface area contributed by atoms with Gasteiger partial charge in [0.05, 0.1) is 20.5 Å². The zero-order valence-electron chi connectivity index (χ0n) is 13.9. The van der Waals surface area contributed by atoms with Gasteiger partial charge in [0.25, 0.3) is 5.91 Å². The number of furan rings is 1. The molecule has 0 aliphatic carbocycles. The number of carbonyl (C=O) groups excluding carboxylic acids is 1. The summed E-state index contributed by atoms with van der Waals surface area (Å²) in [5.74, 6) is 1.91. The van der Waals surface area contributed by atoms with Crippen LogP contribution in [0.15, 0.2) is 46.4 Å². The molecule has 1 N–H and O–H groups in total. The highest BCUT2D eigenvalue weighted by atomic mass is 32.1. The third-order valence-electron chi connectivity index (χ3n) is 3.60. The van der Waals surface area contributed by atoms with E-state index < -0.39 is 0 Å². The number of methoxy groups -OCH3 is 2. The van der Waals surface area contributed by atoms with Crippen molar-refractivity contribution >= 4 is 17.2 Å². The molecule has 0 spiro atoms. The van der Waals surface area contributed by atoms with Gasteiger partial charge in [-0.2, -0.15) is 0 Å². The topological polar surface area (TPSA) is 73.6 Å². The first kappa shape index (κ1) is 17.0. The summed E-state index contributed by atoms with van der Waals surface area (Å²) in [6, 6.07) is 9.25. The quantitative estimate of drug-likeness (QED) is 0.701. The van der Waals surface area contributed by atoms with Crippen molar-refractivity contribution in [1.29, 1.82) is 0 Å². The Morgan fingerprint density at radius 2 is 2.08 bits per heavy atom. The van der Waals surface area contributed by atoms with Crippen LogP contribution in [0, 0.1) is 0 Å². The maximum atomic E-state index is 12.2. The molecule has 3 aromatic rings. The Morgan fingerprint density at radius 1 is 1.24 bits per heavy atom. The van der Waals surface area contributed by atoms with Crippen molar-refractivity contribution < 1.29 is 18.7 Å². The maximum absolute atomic E-state index is 12.2. The Labute approximate surface area is 149 Å². The summed E-state index contributed by atoms with van der Waals surface area (Å²) in [6.07, 6.45) is 2.26. The van der Waals surface area contributed by atoms with Gasteiger partial charge in [-0.25, -0.2) is 4.98 Å². The highest BCUT2D eigenvalue weighted by Gasteiger charge is 2.13. The summed E-state index contributed by atoms with van der Waals surface area (Å²) in [7, 11) is 3.17. The van der Waals surface area contributed by atoms with Gasteiger partial charge in [0, 0.05) is 23.9 Å². The molecular formula is C18H18N2O4S. The van der Waals surface area contributed by atoms with Crippen molar-refractivity contribution in [3.05, 3.63) is 53.4 Å². The molecule has 0 saturated carbocycles. The van der Waals surface area contributed by atoms with Crippen LogP contribution < -0.4 is 14.8 Å². The molecule has 2 aromatic heterocycles. The van der Waals surface area contributed by atoms with Gasteiger partial charge in [-0.3, -0.25) is 4.79 Å². The highest BCUT2D eigenvalue weighted by molar-refractivity contribution is 7.13. The number of benzene rings is 1. The smallest absolute Gasteiger partial charge is 0.270 e. The van der Waals surface area contributed by atoms with E-state index in [2.05, 4.69) is 10.3 Å². The Morgan fingerprint density at radius 3 is 2.80 bits per heavy atom. The van der Waals surface area contributed by atoms with Crippen LogP contribution in [0.1, 0.15) is 16.2 Å². The monoisotopic (exact) mass is 358 g/mol. The molecule has 0 aliphatic rings. The molecule has 0 saturated heterocycles. The van der Waals surface area contributed by atoms with E-state index in [9.17, 15) is 4.79 Å². The van der Waals surface area contributed by atoms with E-state index in [1.807, 2.05) is 30.3 Å². The van der Waals surface area contributed by atoms with E-state index in [1.165, 1.54) is 11.3 Å². The average molecular weight is 358 g/mol. The molecule has 0 radical (unpaired) electrons. The third-order valence-corrected chi connectivity index (χ3v) is 4.50. The lowest BCUT2D eigenvalue weighted by atomic mass is 10.2. The number of hydrogen-bond acceptors (Lipinski definition) is 6. The van der Waals surface area contributed by atoms with E-state index in [0.717, 1.165) is 16.3 Å². The number of aromatic nitrogens is 1. The Bertz CT molecular complexity index is 843. The molecule has 0 aliphatic heterocycles. The standard InChI is InChI=1S/C18H18N2O4S/c1-22-15-6-5-12(10-16(15)23-2)18-20-14(11-25-18)17(21)19-8-7-13-4-3-9-24-13/h3-6,9-11H,7-8H2,1-2H3,(H,19,21). The zero-order valence-corrected chi connectivity index (χ0v) is 14.8. The number of hydrogen-bond donors (Lipinski definition) is 1. The van der Waals surface area contributed by atoms with Crippen molar-refractivity contribution in [3.8, 4) is 22.1 Å². The zero-order chi connectivity index (χ0) is 17.6. The molecule has 0 atom stereocenters. The van der Waals surface area contributed by atoms with Crippen LogP contribution in [0.2, 0.25) is 0 Å². The molecule has 0 fully saturated rings. The minimum atomic E-state index is -0.200. The fourth-order valence-electron chi connectivity index (χ4n) is 2.32. The van der Waals surface area contributed by atoms with E-state index in [0.29, 0.717) is 30.2 Å². The number of rotatable bonds is 7. The Balaban J connectivity index is 1.66. The number of nitrogens with one attached hydrogen (secondary N) is 1.